The van der Waals surface area contributed by atoms with Gasteiger partial charge < -0.3 is 9.63 Å². The van der Waals surface area contributed by atoms with Crippen LogP contribution in [0.5, 0.6) is 0 Å². The number of rotatable bonds is 5. The Morgan fingerprint density at radius 1 is 1.20 bits per heavy atom. The molecule has 2 heterocycles. The van der Waals surface area contributed by atoms with E-state index in [4.69, 9.17) is 4.52 Å². The Hall–Kier alpha value is -2.40. The van der Waals surface area contributed by atoms with Gasteiger partial charge in [-0.15, -0.1) is 0 Å². The van der Waals surface area contributed by atoms with Crippen molar-refractivity contribution in [3.63, 3.8) is 0 Å². The van der Waals surface area contributed by atoms with Crippen molar-refractivity contribution in [2.24, 2.45) is 5.92 Å². The average Bonchev–Trinajstić information content (AvgIpc) is 3.29. The van der Waals surface area contributed by atoms with Gasteiger partial charge in [-0.2, -0.15) is 5.10 Å². The number of aliphatic hydroxyl groups is 1. The lowest BCUT2D eigenvalue weighted by Gasteiger charge is -2.35. The van der Waals surface area contributed by atoms with Gasteiger partial charge in [0, 0.05) is 18.7 Å². The summed E-state index contributed by atoms with van der Waals surface area (Å²) in [4.78, 5) is 0. The summed E-state index contributed by atoms with van der Waals surface area (Å²) in [5.74, 6) is 1.34. The summed E-state index contributed by atoms with van der Waals surface area (Å²) in [7, 11) is 0. The molecule has 0 aliphatic heterocycles. The first-order valence-corrected chi connectivity index (χ1v) is 8.91. The van der Waals surface area contributed by atoms with Crippen molar-refractivity contribution in [3.8, 4) is 11.3 Å². The van der Waals surface area contributed by atoms with E-state index in [0.717, 1.165) is 43.4 Å². The molecule has 1 fully saturated rings. The Labute approximate surface area is 147 Å². The van der Waals surface area contributed by atoms with Crippen LogP contribution in [0.4, 0.5) is 0 Å². The molecule has 0 atom stereocenters. The fourth-order valence-electron chi connectivity index (χ4n) is 3.80. The van der Waals surface area contributed by atoms with Gasteiger partial charge in [-0.25, -0.2) is 0 Å². The summed E-state index contributed by atoms with van der Waals surface area (Å²) in [5, 5.41) is 21.8. The molecule has 0 bridgehead atoms. The van der Waals surface area contributed by atoms with Crippen LogP contribution in [0.15, 0.2) is 53.3 Å². The summed E-state index contributed by atoms with van der Waals surface area (Å²) in [6, 6.07) is 12.5. The molecule has 25 heavy (non-hydrogen) atoms. The molecule has 2 N–H and O–H groups in total. The maximum Gasteiger partial charge on any atom is 0.170 e. The van der Waals surface area contributed by atoms with Crippen LogP contribution in [0.2, 0.25) is 0 Å². The zero-order valence-corrected chi connectivity index (χ0v) is 14.2. The monoisotopic (exact) mass is 337 g/mol. The van der Waals surface area contributed by atoms with E-state index in [1.165, 1.54) is 5.56 Å². The second-order valence-corrected chi connectivity index (χ2v) is 7.20. The van der Waals surface area contributed by atoms with Crippen LogP contribution in [0, 0.1) is 5.92 Å². The fraction of sp³-hybridized carbons (Fsp3) is 0.400. The van der Waals surface area contributed by atoms with E-state index in [0.29, 0.717) is 18.1 Å². The molecule has 5 heteroatoms. The van der Waals surface area contributed by atoms with Gasteiger partial charge in [-0.05, 0) is 43.6 Å². The molecule has 1 aliphatic carbocycles. The second-order valence-electron chi connectivity index (χ2n) is 7.20. The Balaban J connectivity index is 1.34. The Morgan fingerprint density at radius 2 is 2.00 bits per heavy atom. The maximum atomic E-state index is 10.9. The topological polar surface area (TPSA) is 74.9 Å². The van der Waals surface area contributed by atoms with Crippen LogP contribution in [-0.4, -0.2) is 26.1 Å². The molecular formula is C20H23N3O2. The first kappa shape index (κ1) is 16.1. The summed E-state index contributed by atoms with van der Waals surface area (Å²) in [6.07, 6.45) is 8.87. The standard InChI is InChI=1S/C20H23N3O2/c24-20(12-18-11-19(25-23-18)17-13-21-22-14-17)8-6-16(7-9-20)10-15-4-2-1-3-5-15/h1-5,11,13-14,16,24H,6-10,12H2,(H,21,22). The van der Waals surface area contributed by atoms with Crippen molar-refractivity contribution in [2.75, 3.05) is 0 Å². The number of benzene rings is 1. The van der Waals surface area contributed by atoms with Crippen LogP contribution in [0.25, 0.3) is 11.3 Å². The lowest BCUT2D eigenvalue weighted by Crippen LogP contribution is -2.36. The molecule has 0 unspecified atom stereocenters. The van der Waals surface area contributed by atoms with Gasteiger partial charge in [-0.1, -0.05) is 35.5 Å². The molecule has 5 nitrogen and oxygen atoms in total. The zero-order valence-electron chi connectivity index (χ0n) is 14.2. The Morgan fingerprint density at radius 3 is 2.72 bits per heavy atom. The number of aromatic amines is 1. The van der Waals surface area contributed by atoms with Crippen molar-refractivity contribution < 1.29 is 9.63 Å². The van der Waals surface area contributed by atoms with Crippen molar-refractivity contribution >= 4 is 0 Å². The predicted octanol–water partition coefficient (Wildman–Crippen LogP) is 3.77. The van der Waals surface area contributed by atoms with Gasteiger partial charge >= 0.3 is 0 Å². The molecule has 4 rings (SSSR count). The first-order chi connectivity index (χ1) is 12.2. The minimum absolute atomic E-state index is 0.548. The molecule has 0 amide bonds. The van der Waals surface area contributed by atoms with E-state index < -0.39 is 5.60 Å². The van der Waals surface area contributed by atoms with E-state index in [-0.39, 0.29) is 0 Å². The molecule has 130 valence electrons. The second kappa shape index (κ2) is 6.84. The summed E-state index contributed by atoms with van der Waals surface area (Å²) < 4.78 is 5.37. The molecule has 1 aliphatic rings. The van der Waals surface area contributed by atoms with Gasteiger partial charge in [0.1, 0.15) is 0 Å². The van der Waals surface area contributed by atoms with Crippen molar-refractivity contribution in [1.82, 2.24) is 15.4 Å². The minimum Gasteiger partial charge on any atom is -0.389 e. The summed E-state index contributed by atoms with van der Waals surface area (Å²) >= 11 is 0. The first-order valence-electron chi connectivity index (χ1n) is 8.91. The molecule has 2 aromatic heterocycles. The van der Waals surface area contributed by atoms with E-state index in [1.54, 1.807) is 12.4 Å². The van der Waals surface area contributed by atoms with E-state index in [9.17, 15) is 5.11 Å². The van der Waals surface area contributed by atoms with Crippen molar-refractivity contribution in [3.05, 3.63) is 60.0 Å². The number of nitrogens with one attached hydrogen (secondary N) is 1. The third kappa shape index (κ3) is 3.82. The van der Waals surface area contributed by atoms with E-state index >= 15 is 0 Å². The van der Waals surface area contributed by atoms with Gasteiger partial charge in [0.2, 0.25) is 0 Å². The van der Waals surface area contributed by atoms with Crippen LogP contribution < -0.4 is 0 Å². The highest BCUT2D eigenvalue weighted by Crippen LogP contribution is 2.36. The van der Waals surface area contributed by atoms with Crippen molar-refractivity contribution in [1.29, 1.82) is 0 Å². The maximum absolute atomic E-state index is 10.9. The van der Waals surface area contributed by atoms with E-state index in [2.05, 4.69) is 45.7 Å². The highest BCUT2D eigenvalue weighted by atomic mass is 16.5. The summed E-state index contributed by atoms with van der Waals surface area (Å²) in [5.41, 5.74) is 2.40. The van der Waals surface area contributed by atoms with Gasteiger partial charge in [0.05, 0.1) is 23.1 Å². The number of H-pyrrole nitrogens is 1. The quantitative estimate of drug-likeness (QED) is 0.743. The number of nitrogens with zero attached hydrogens (tertiary/aromatic N) is 2. The molecular weight excluding hydrogens is 314 g/mol. The largest absolute Gasteiger partial charge is 0.389 e. The molecule has 3 aromatic rings. The predicted molar refractivity (Wildman–Crippen MR) is 94.8 cm³/mol. The van der Waals surface area contributed by atoms with Crippen LogP contribution in [-0.2, 0) is 12.8 Å². The lowest BCUT2D eigenvalue weighted by molar-refractivity contribution is -0.0100. The smallest absolute Gasteiger partial charge is 0.170 e. The van der Waals surface area contributed by atoms with Gasteiger partial charge in [-0.3, -0.25) is 5.10 Å². The molecule has 0 spiro atoms. The molecule has 1 saturated carbocycles. The minimum atomic E-state index is -0.669. The Kier molecular flexibility index (Phi) is 4.40. The Bertz CT molecular complexity index is 787. The number of hydrogen-bond acceptors (Lipinski definition) is 4. The lowest BCUT2D eigenvalue weighted by atomic mass is 9.75. The highest BCUT2D eigenvalue weighted by Gasteiger charge is 2.34. The average molecular weight is 337 g/mol. The highest BCUT2D eigenvalue weighted by molar-refractivity contribution is 5.54. The summed E-state index contributed by atoms with van der Waals surface area (Å²) in [6.45, 7) is 0. The van der Waals surface area contributed by atoms with Crippen molar-refractivity contribution in [2.45, 2.75) is 44.1 Å². The van der Waals surface area contributed by atoms with E-state index in [1.807, 2.05) is 6.07 Å². The number of hydrogen-bond donors (Lipinski definition) is 2. The van der Waals surface area contributed by atoms with Gasteiger partial charge in [0.25, 0.3) is 0 Å². The number of aromatic nitrogens is 3. The van der Waals surface area contributed by atoms with Crippen LogP contribution in [0.3, 0.4) is 0 Å². The van der Waals surface area contributed by atoms with Crippen LogP contribution >= 0.6 is 0 Å². The normalized spacial score (nSPS) is 23.6. The third-order valence-electron chi connectivity index (χ3n) is 5.25. The molecule has 1 aromatic carbocycles. The zero-order chi connectivity index (χ0) is 17.1. The van der Waals surface area contributed by atoms with Gasteiger partial charge in [0.15, 0.2) is 5.76 Å². The molecule has 0 radical (unpaired) electrons. The fourth-order valence-corrected chi connectivity index (χ4v) is 3.80. The third-order valence-corrected chi connectivity index (χ3v) is 5.25. The van der Waals surface area contributed by atoms with Crippen LogP contribution in [0.1, 0.15) is 36.9 Å². The SMILES string of the molecule is OC1(Cc2cc(-c3cn[nH]c3)on2)CCC(Cc2ccccc2)CC1. The molecule has 0 saturated heterocycles.